The second-order valence-corrected chi connectivity index (χ2v) is 5.33. The van der Waals surface area contributed by atoms with Gasteiger partial charge in [0, 0.05) is 6.54 Å². The summed E-state index contributed by atoms with van der Waals surface area (Å²) in [6, 6.07) is 5.69. The molecule has 1 unspecified atom stereocenters. The average molecular weight is 289 g/mol. The highest BCUT2D eigenvalue weighted by Gasteiger charge is 2.20. The molecule has 1 atom stereocenters. The molecule has 0 saturated carbocycles. The van der Waals surface area contributed by atoms with Crippen LogP contribution in [-0.4, -0.2) is 46.4 Å². The Morgan fingerprint density at radius 1 is 1.32 bits per heavy atom. The highest BCUT2D eigenvalue weighted by atomic mass is 32.2. The van der Waals surface area contributed by atoms with E-state index < -0.39 is 28.6 Å². The van der Waals surface area contributed by atoms with Gasteiger partial charge in [-0.2, -0.15) is 0 Å². The first-order valence-electron chi connectivity index (χ1n) is 5.30. The monoisotopic (exact) mass is 289 g/mol. The van der Waals surface area contributed by atoms with Crippen molar-refractivity contribution in [3.63, 3.8) is 0 Å². The van der Waals surface area contributed by atoms with Crippen LogP contribution in [0.15, 0.2) is 29.2 Å². The fourth-order valence-electron chi connectivity index (χ4n) is 1.25. The fourth-order valence-corrected chi connectivity index (χ4v) is 2.28. The van der Waals surface area contributed by atoms with Gasteiger partial charge in [0.05, 0.1) is 19.1 Å². The van der Waals surface area contributed by atoms with Crippen LogP contribution in [0.3, 0.4) is 0 Å². The molecule has 0 fully saturated rings. The zero-order valence-electron chi connectivity index (χ0n) is 10.5. The molecule has 0 aliphatic carbocycles. The van der Waals surface area contributed by atoms with Crippen molar-refractivity contribution in [3.05, 3.63) is 24.3 Å². The van der Waals surface area contributed by atoms with Crippen molar-refractivity contribution in [2.45, 2.75) is 11.0 Å². The molecule has 0 aliphatic heterocycles. The minimum atomic E-state index is -3.80. The summed E-state index contributed by atoms with van der Waals surface area (Å²) in [5.74, 6) is -0.383. The number of carbonyl (C=O) groups is 1. The van der Waals surface area contributed by atoms with Gasteiger partial charge >= 0.3 is 5.97 Å². The zero-order chi connectivity index (χ0) is 14.5. The largest absolute Gasteiger partial charge is 0.497 e. The molecular formula is C11H15NO6S. The van der Waals surface area contributed by atoms with Gasteiger partial charge in [0.1, 0.15) is 5.75 Å². The molecule has 0 spiro atoms. The topological polar surface area (TPSA) is 102 Å². The second-order valence-electron chi connectivity index (χ2n) is 3.57. The van der Waals surface area contributed by atoms with E-state index in [1.165, 1.54) is 31.4 Å². The van der Waals surface area contributed by atoms with Crippen LogP contribution in [0.2, 0.25) is 0 Å². The highest BCUT2D eigenvalue weighted by Crippen LogP contribution is 2.15. The molecule has 106 valence electrons. The number of ether oxygens (including phenoxy) is 2. The maximum Gasteiger partial charge on any atom is 0.336 e. The minimum Gasteiger partial charge on any atom is -0.497 e. The summed E-state index contributed by atoms with van der Waals surface area (Å²) in [6.45, 7) is -0.457. The number of sulfonamides is 1. The quantitative estimate of drug-likeness (QED) is 0.685. The van der Waals surface area contributed by atoms with E-state index in [1.807, 2.05) is 0 Å². The molecule has 0 aliphatic rings. The van der Waals surface area contributed by atoms with E-state index >= 15 is 0 Å². The molecule has 2 N–H and O–H groups in total. The molecule has 0 radical (unpaired) electrons. The van der Waals surface area contributed by atoms with E-state index in [-0.39, 0.29) is 4.90 Å². The van der Waals surface area contributed by atoms with Gasteiger partial charge in [-0.1, -0.05) is 0 Å². The SMILES string of the molecule is COC(=O)C(O)CNS(=O)(=O)c1ccc(OC)cc1. The number of methoxy groups -OCH3 is 2. The molecule has 7 nitrogen and oxygen atoms in total. The van der Waals surface area contributed by atoms with Crippen molar-refractivity contribution in [2.75, 3.05) is 20.8 Å². The van der Waals surface area contributed by atoms with Crippen LogP contribution < -0.4 is 9.46 Å². The lowest BCUT2D eigenvalue weighted by atomic mass is 10.3. The fraction of sp³-hybridized carbons (Fsp3) is 0.364. The lowest BCUT2D eigenvalue weighted by molar-refractivity contribution is -0.149. The summed E-state index contributed by atoms with van der Waals surface area (Å²) in [5.41, 5.74) is 0. The van der Waals surface area contributed by atoms with Crippen LogP contribution in [0.1, 0.15) is 0 Å². The van der Waals surface area contributed by atoms with Crippen molar-refractivity contribution >= 4 is 16.0 Å². The maximum absolute atomic E-state index is 11.8. The summed E-state index contributed by atoms with van der Waals surface area (Å²) in [5, 5.41) is 9.29. The number of esters is 1. The van der Waals surface area contributed by atoms with Gasteiger partial charge in [0.2, 0.25) is 10.0 Å². The molecule has 1 rings (SSSR count). The Bertz CT molecular complexity index is 525. The number of hydrogen-bond donors (Lipinski definition) is 2. The van der Waals surface area contributed by atoms with Crippen LogP contribution >= 0.6 is 0 Å². The van der Waals surface area contributed by atoms with Gasteiger partial charge in [0.15, 0.2) is 6.10 Å². The Kier molecular flexibility index (Phi) is 5.28. The molecule has 19 heavy (non-hydrogen) atoms. The Hall–Kier alpha value is -1.64. The predicted molar refractivity (Wildman–Crippen MR) is 66.2 cm³/mol. The molecule has 0 bridgehead atoms. The minimum absolute atomic E-state index is 0.00497. The van der Waals surface area contributed by atoms with Gasteiger partial charge in [-0.3, -0.25) is 0 Å². The van der Waals surface area contributed by atoms with Gasteiger partial charge < -0.3 is 14.6 Å². The number of nitrogens with one attached hydrogen (secondary N) is 1. The lowest BCUT2D eigenvalue weighted by Gasteiger charge is -2.10. The Balaban J connectivity index is 2.72. The number of carbonyl (C=O) groups excluding carboxylic acids is 1. The first kappa shape index (κ1) is 15.4. The van der Waals surface area contributed by atoms with Crippen molar-refractivity contribution in [2.24, 2.45) is 0 Å². The number of hydrogen-bond acceptors (Lipinski definition) is 6. The Morgan fingerprint density at radius 3 is 2.37 bits per heavy atom. The van der Waals surface area contributed by atoms with Gasteiger partial charge in [-0.25, -0.2) is 17.9 Å². The number of aliphatic hydroxyl groups is 1. The van der Waals surface area contributed by atoms with E-state index in [4.69, 9.17) is 4.74 Å². The highest BCUT2D eigenvalue weighted by molar-refractivity contribution is 7.89. The summed E-state index contributed by atoms with van der Waals surface area (Å²) in [7, 11) is -1.23. The van der Waals surface area contributed by atoms with Crippen molar-refractivity contribution < 1.29 is 27.8 Å². The second kappa shape index (κ2) is 6.50. The van der Waals surface area contributed by atoms with Crippen LogP contribution in [0.25, 0.3) is 0 Å². The molecule has 0 saturated heterocycles. The Labute approximate surface area is 111 Å². The number of benzene rings is 1. The van der Waals surface area contributed by atoms with E-state index in [1.54, 1.807) is 0 Å². The molecule has 1 aromatic carbocycles. The van der Waals surface area contributed by atoms with Crippen molar-refractivity contribution in [1.82, 2.24) is 4.72 Å². The normalized spacial score (nSPS) is 12.8. The Morgan fingerprint density at radius 2 is 1.89 bits per heavy atom. The molecule has 0 heterocycles. The van der Waals surface area contributed by atoms with Crippen LogP contribution in [0.4, 0.5) is 0 Å². The summed E-state index contributed by atoms with van der Waals surface area (Å²) < 4.78 is 35.0. The molecule has 1 aromatic rings. The van der Waals surface area contributed by atoms with E-state index in [0.717, 1.165) is 7.11 Å². The van der Waals surface area contributed by atoms with Crippen LogP contribution in [0.5, 0.6) is 5.75 Å². The average Bonchev–Trinajstić information content (AvgIpc) is 2.44. The summed E-state index contributed by atoms with van der Waals surface area (Å²) in [4.78, 5) is 10.9. The third-order valence-electron chi connectivity index (χ3n) is 2.31. The van der Waals surface area contributed by atoms with Crippen LogP contribution in [-0.2, 0) is 19.6 Å². The van der Waals surface area contributed by atoms with Gasteiger partial charge in [0.25, 0.3) is 0 Å². The van der Waals surface area contributed by atoms with Crippen molar-refractivity contribution in [1.29, 1.82) is 0 Å². The third-order valence-corrected chi connectivity index (χ3v) is 3.75. The first-order chi connectivity index (χ1) is 8.90. The molecule has 0 amide bonds. The van der Waals surface area contributed by atoms with Gasteiger partial charge in [-0.05, 0) is 24.3 Å². The number of rotatable bonds is 6. The standard InChI is InChI=1S/C11H15NO6S/c1-17-8-3-5-9(6-4-8)19(15,16)12-7-10(13)11(14)18-2/h3-6,10,12-13H,7H2,1-2H3. The van der Waals surface area contributed by atoms with E-state index in [9.17, 15) is 18.3 Å². The number of aliphatic hydroxyl groups excluding tert-OH is 1. The smallest absolute Gasteiger partial charge is 0.336 e. The molecule has 0 aromatic heterocycles. The predicted octanol–water partition coefficient (Wildman–Crippen LogP) is -0.493. The molecule has 8 heteroatoms. The van der Waals surface area contributed by atoms with Gasteiger partial charge in [-0.15, -0.1) is 0 Å². The third kappa shape index (κ3) is 4.19. The maximum atomic E-state index is 11.8. The summed E-state index contributed by atoms with van der Waals surface area (Å²) in [6.07, 6.45) is -1.54. The van der Waals surface area contributed by atoms with Crippen LogP contribution in [0, 0.1) is 0 Å². The zero-order valence-corrected chi connectivity index (χ0v) is 11.3. The lowest BCUT2D eigenvalue weighted by Crippen LogP contribution is -2.37. The molecular weight excluding hydrogens is 274 g/mol. The van der Waals surface area contributed by atoms with Crippen molar-refractivity contribution in [3.8, 4) is 5.75 Å². The first-order valence-corrected chi connectivity index (χ1v) is 6.78. The van der Waals surface area contributed by atoms with E-state index in [2.05, 4.69) is 9.46 Å². The summed E-state index contributed by atoms with van der Waals surface area (Å²) >= 11 is 0. The van der Waals surface area contributed by atoms with E-state index in [0.29, 0.717) is 5.75 Å².